The Kier molecular flexibility index (Phi) is 12.1. The molecule has 1 unspecified atom stereocenters. The van der Waals surface area contributed by atoms with Gasteiger partial charge in [-0.05, 0) is 69.5 Å². The molecular formula is C30H38N6O7. The second-order valence-electron chi connectivity index (χ2n) is 9.76. The summed E-state index contributed by atoms with van der Waals surface area (Å²) in [7, 11) is 1.17. The molecule has 2 amide bonds. The number of nitrogens with zero attached hydrogens (tertiary/aromatic N) is 2. The first-order valence-corrected chi connectivity index (χ1v) is 13.8. The van der Waals surface area contributed by atoms with Gasteiger partial charge in [-0.3, -0.25) is 9.59 Å². The lowest BCUT2D eigenvalue weighted by atomic mass is 10.1. The van der Waals surface area contributed by atoms with Crippen molar-refractivity contribution >= 4 is 23.7 Å². The highest BCUT2D eigenvalue weighted by Gasteiger charge is 2.26. The van der Waals surface area contributed by atoms with Crippen molar-refractivity contribution in [3.63, 3.8) is 0 Å². The van der Waals surface area contributed by atoms with Gasteiger partial charge in [0, 0.05) is 24.7 Å². The first-order chi connectivity index (χ1) is 20.6. The lowest BCUT2D eigenvalue weighted by Gasteiger charge is -2.19. The van der Waals surface area contributed by atoms with Gasteiger partial charge < -0.3 is 41.4 Å². The molecule has 3 aromatic rings. The number of anilines is 1. The van der Waals surface area contributed by atoms with Crippen LogP contribution in [0.5, 0.6) is 17.2 Å². The number of rotatable bonds is 15. The molecule has 0 bridgehead atoms. The number of aryl methyl sites for hydroxylation is 3. The minimum Gasteiger partial charge on any atom is -0.508 e. The number of nitrogens with two attached hydrogens (primary N) is 1. The van der Waals surface area contributed by atoms with E-state index in [0.717, 1.165) is 18.4 Å². The molecule has 0 spiro atoms. The highest BCUT2D eigenvalue weighted by Crippen LogP contribution is 2.22. The van der Waals surface area contributed by atoms with E-state index >= 15 is 0 Å². The largest absolute Gasteiger partial charge is 0.508 e. The normalized spacial score (nSPS) is 11.3. The van der Waals surface area contributed by atoms with Gasteiger partial charge in [0.1, 0.15) is 23.3 Å². The summed E-state index contributed by atoms with van der Waals surface area (Å²) in [6.07, 6.45) is 2.12. The second kappa shape index (κ2) is 15.9. The van der Waals surface area contributed by atoms with Crippen LogP contribution in [0.2, 0.25) is 0 Å². The van der Waals surface area contributed by atoms with Crippen molar-refractivity contribution in [3.8, 4) is 17.2 Å². The topological polar surface area (TPSA) is 198 Å². The van der Waals surface area contributed by atoms with Crippen LogP contribution in [0.4, 0.5) is 5.95 Å². The van der Waals surface area contributed by atoms with E-state index in [9.17, 15) is 24.6 Å². The molecule has 0 aliphatic rings. The SMILES string of the molecule is COC(=O)C(CNC(=O)c1cc(O)cc(OCCCN)c1)NC(=O)c1c(C)nc(NCCCc2cccc(O)c2)nc1C. The molecule has 230 valence electrons. The fourth-order valence-corrected chi connectivity index (χ4v) is 4.26. The van der Waals surface area contributed by atoms with Gasteiger partial charge in [0.2, 0.25) is 5.95 Å². The number of hydrogen-bond donors (Lipinski definition) is 6. The lowest BCUT2D eigenvalue weighted by Crippen LogP contribution is -2.49. The van der Waals surface area contributed by atoms with Gasteiger partial charge in [-0.15, -0.1) is 0 Å². The smallest absolute Gasteiger partial charge is 0.330 e. The molecule has 0 saturated carbocycles. The molecule has 0 aliphatic heterocycles. The van der Waals surface area contributed by atoms with Crippen molar-refractivity contribution in [3.05, 3.63) is 70.5 Å². The summed E-state index contributed by atoms with van der Waals surface area (Å²) < 4.78 is 10.3. The minimum absolute atomic E-state index is 0.0998. The maximum Gasteiger partial charge on any atom is 0.330 e. The number of hydrogen-bond acceptors (Lipinski definition) is 11. The van der Waals surface area contributed by atoms with Crippen LogP contribution in [0.15, 0.2) is 42.5 Å². The minimum atomic E-state index is -1.21. The number of aromatic nitrogens is 2. The Hall–Kier alpha value is -4.91. The van der Waals surface area contributed by atoms with E-state index in [4.69, 9.17) is 15.2 Å². The lowest BCUT2D eigenvalue weighted by molar-refractivity contribution is -0.142. The summed E-state index contributed by atoms with van der Waals surface area (Å²) in [5.41, 5.74) is 7.56. The average molecular weight is 595 g/mol. The van der Waals surface area contributed by atoms with E-state index < -0.39 is 23.8 Å². The quantitative estimate of drug-likeness (QED) is 0.111. The molecule has 13 heteroatoms. The molecular weight excluding hydrogens is 556 g/mol. The Morgan fingerprint density at radius 1 is 0.977 bits per heavy atom. The molecule has 0 aliphatic carbocycles. The van der Waals surface area contributed by atoms with Crippen molar-refractivity contribution in [1.82, 2.24) is 20.6 Å². The van der Waals surface area contributed by atoms with Gasteiger partial charge in [0.05, 0.1) is 30.7 Å². The van der Waals surface area contributed by atoms with Crippen molar-refractivity contribution in [2.75, 3.05) is 38.7 Å². The number of nitrogens with one attached hydrogen (secondary N) is 3. The third kappa shape index (κ3) is 9.85. The fourth-order valence-electron chi connectivity index (χ4n) is 4.26. The number of carbonyl (C=O) groups excluding carboxylic acids is 3. The number of benzene rings is 2. The molecule has 1 atom stereocenters. The van der Waals surface area contributed by atoms with Crippen LogP contribution < -0.4 is 26.4 Å². The monoisotopic (exact) mass is 594 g/mol. The van der Waals surface area contributed by atoms with E-state index in [0.29, 0.717) is 43.5 Å². The molecule has 0 saturated heterocycles. The van der Waals surface area contributed by atoms with E-state index in [1.165, 1.54) is 25.3 Å². The summed E-state index contributed by atoms with van der Waals surface area (Å²) in [6.45, 7) is 4.36. The van der Waals surface area contributed by atoms with Crippen LogP contribution in [0, 0.1) is 13.8 Å². The first kappa shape index (κ1) is 32.6. The summed E-state index contributed by atoms with van der Waals surface area (Å²) in [5, 5.41) is 27.9. The molecule has 43 heavy (non-hydrogen) atoms. The number of phenolic OH excluding ortho intramolecular Hbond substituents is 2. The third-order valence-electron chi connectivity index (χ3n) is 6.36. The molecule has 7 N–H and O–H groups in total. The predicted octanol–water partition coefficient (Wildman–Crippen LogP) is 1.98. The van der Waals surface area contributed by atoms with Crippen LogP contribution in [-0.2, 0) is 16.0 Å². The molecule has 13 nitrogen and oxygen atoms in total. The van der Waals surface area contributed by atoms with E-state index in [2.05, 4.69) is 25.9 Å². The number of methoxy groups -OCH3 is 1. The van der Waals surface area contributed by atoms with Gasteiger partial charge in [0.15, 0.2) is 0 Å². The Balaban J connectivity index is 1.61. The molecule has 1 aromatic heterocycles. The van der Waals surface area contributed by atoms with Gasteiger partial charge >= 0.3 is 5.97 Å². The summed E-state index contributed by atoms with van der Waals surface area (Å²) in [5.74, 6) is -1.28. The van der Waals surface area contributed by atoms with Crippen molar-refractivity contribution in [1.29, 1.82) is 0 Å². The maximum atomic E-state index is 13.2. The molecule has 3 rings (SSSR count). The van der Waals surface area contributed by atoms with Crippen molar-refractivity contribution in [2.24, 2.45) is 5.73 Å². The molecule has 0 fully saturated rings. The van der Waals surface area contributed by atoms with Crippen LogP contribution in [-0.4, -0.2) is 77.4 Å². The number of amides is 2. The second-order valence-corrected chi connectivity index (χ2v) is 9.76. The summed E-state index contributed by atoms with van der Waals surface area (Å²) in [4.78, 5) is 47.2. The number of esters is 1. The van der Waals surface area contributed by atoms with Gasteiger partial charge in [-0.25, -0.2) is 14.8 Å². The third-order valence-corrected chi connectivity index (χ3v) is 6.36. The Morgan fingerprint density at radius 2 is 1.72 bits per heavy atom. The predicted molar refractivity (Wildman–Crippen MR) is 159 cm³/mol. The fraction of sp³-hybridized carbons (Fsp3) is 0.367. The van der Waals surface area contributed by atoms with Crippen molar-refractivity contribution < 1.29 is 34.1 Å². The zero-order valence-corrected chi connectivity index (χ0v) is 24.5. The van der Waals surface area contributed by atoms with Crippen LogP contribution in [0.3, 0.4) is 0 Å². The van der Waals surface area contributed by atoms with Crippen molar-refractivity contribution in [2.45, 2.75) is 39.2 Å². The van der Waals surface area contributed by atoms with Gasteiger partial charge in [-0.1, -0.05) is 12.1 Å². The Bertz CT molecular complexity index is 1410. The van der Waals surface area contributed by atoms with Crippen LogP contribution >= 0.6 is 0 Å². The zero-order chi connectivity index (χ0) is 31.4. The number of ether oxygens (including phenoxy) is 2. The number of aromatic hydroxyl groups is 2. The summed E-state index contributed by atoms with van der Waals surface area (Å²) >= 11 is 0. The highest BCUT2D eigenvalue weighted by atomic mass is 16.5. The zero-order valence-electron chi connectivity index (χ0n) is 24.5. The Labute approximate surface area is 249 Å². The van der Waals surface area contributed by atoms with Gasteiger partial charge in [0.25, 0.3) is 11.8 Å². The average Bonchev–Trinajstić information content (AvgIpc) is 2.96. The van der Waals surface area contributed by atoms with Crippen LogP contribution in [0.1, 0.15) is 50.5 Å². The molecule has 1 heterocycles. The Morgan fingerprint density at radius 3 is 2.40 bits per heavy atom. The van der Waals surface area contributed by atoms with Crippen LogP contribution in [0.25, 0.3) is 0 Å². The van der Waals surface area contributed by atoms with Gasteiger partial charge in [-0.2, -0.15) is 0 Å². The van der Waals surface area contributed by atoms with E-state index in [1.54, 1.807) is 32.0 Å². The molecule has 2 aromatic carbocycles. The summed E-state index contributed by atoms with van der Waals surface area (Å²) in [6, 6.07) is 9.93. The van der Waals surface area contributed by atoms with E-state index in [1.807, 2.05) is 6.07 Å². The highest BCUT2D eigenvalue weighted by molar-refractivity contribution is 5.99. The first-order valence-electron chi connectivity index (χ1n) is 13.8. The maximum absolute atomic E-state index is 13.2. The standard InChI is InChI=1S/C30H38N6O7/c1-18-26(19(2)35-30(34-18)32-11-5-8-20-7-4-9-22(37)13-20)28(40)36-25(29(41)42-3)17-33-27(39)21-14-23(38)16-24(15-21)43-12-6-10-31/h4,7,9,13-16,25,37-38H,5-6,8,10-12,17,31H2,1-3H3,(H,33,39)(H,36,40)(H,32,34,35). The van der Waals surface area contributed by atoms with E-state index in [-0.39, 0.29) is 34.9 Å². The number of phenols is 2. The molecule has 0 radical (unpaired) electrons. The number of carbonyl (C=O) groups is 3.